The van der Waals surface area contributed by atoms with Crippen LogP contribution in [0.1, 0.15) is 33.9 Å². The second kappa shape index (κ2) is 6.07. The van der Waals surface area contributed by atoms with E-state index >= 15 is 0 Å². The number of rotatable bonds is 4. The van der Waals surface area contributed by atoms with Gasteiger partial charge in [0.25, 0.3) is 0 Å². The van der Waals surface area contributed by atoms with Gasteiger partial charge in [-0.1, -0.05) is 44.0 Å². The number of ether oxygens (including phenoxy) is 1. The van der Waals surface area contributed by atoms with E-state index in [1.54, 1.807) is 25.1 Å². The lowest BCUT2D eigenvalue weighted by Crippen LogP contribution is -2.50. The van der Waals surface area contributed by atoms with Crippen LogP contribution in [0.25, 0.3) is 0 Å². The fourth-order valence-corrected chi connectivity index (χ4v) is 2.28. The molecule has 0 saturated carbocycles. The predicted molar refractivity (Wildman–Crippen MR) is 86.2 cm³/mol. The molecule has 0 aliphatic carbocycles. The van der Waals surface area contributed by atoms with Crippen LogP contribution in [0.3, 0.4) is 0 Å². The Balaban J connectivity index is 2.42. The third-order valence-electron chi connectivity index (χ3n) is 3.81. The monoisotopic (exact) mass is 343 g/mol. The molecule has 1 heterocycles. The van der Waals surface area contributed by atoms with Gasteiger partial charge in [0.1, 0.15) is 24.0 Å². The van der Waals surface area contributed by atoms with E-state index in [1.165, 1.54) is 17.3 Å². The van der Waals surface area contributed by atoms with Crippen molar-refractivity contribution in [2.75, 3.05) is 0 Å². The lowest BCUT2D eigenvalue weighted by atomic mass is 9.76. The minimum absolute atomic E-state index is 0.363. The van der Waals surface area contributed by atoms with Crippen LogP contribution in [-0.2, 0) is 0 Å². The molecule has 2 atom stereocenters. The van der Waals surface area contributed by atoms with Crippen molar-refractivity contribution >= 4 is 23.2 Å². The van der Waals surface area contributed by atoms with E-state index in [-0.39, 0.29) is 0 Å². The highest BCUT2D eigenvalue weighted by Crippen LogP contribution is 2.41. The van der Waals surface area contributed by atoms with E-state index in [0.717, 1.165) is 0 Å². The van der Waals surface area contributed by atoms with Gasteiger partial charge in [0.2, 0.25) is 6.23 Å². The first-order chi connectivity index (χ1) is 10.1. The Labute approximate surface area is 139 Å². The van der Waals surface area contributed by atoms with Gasteiger partial charge in [-0.05, 0) is 30.5 Å². The number of benzene rings is 1. The quantitative estimate of drug-likeness (QED) is 0.912. The van der Waals surface area contributed by atoms with Gasteiger partial charge in [-0.2, -0.15) is 5.10 Å². The maximum Gasteiger partial charge on any atom is 0.221 e. The molecule has 2 rings (SSSR count). The summed E-state index contributed by atoms with van der Waals surface area (Å²) in [4.78, 5) is 3.92. The molecule has 0 aliphatic rings. The average Bonchev–Trinajstić information content (AvgIpc) is 2.89. The normalized spacial score (nSPS) is 16.1. The summed E-state index contributed by atoms with van der Waals surface area (Å²) in [5.41, 5.74) is -1.70. The van der Waals surface area contributed by atoms with Crippen LogP contribution in [0.15, 0.2) is 30.9 Å². The van der Waals surface area contributed by atoms with Crippen LogP contribution >= 0.6 is 23.2 Å². The number of aliphatic hydroxyl groups is 1. The third kappa shape index (κ3) is 3.37. The van der Waals surface area contributed by atoms with Crippen molar-refractivity contribution in [3.63, 3.8) is 0 Å². The molecule has 0 aliphatic heterocycles. The molecule has 120 valence electrons. The average molecular weight is 344 g/mol. The molecule has 22 heavy (non-hydrogen) atoms. The van der Waals surface area contributed by atoms with Gasteiger partial charge in [-0.3, -0.25) is 0 Å². The van der Waals surface area contributed by atoms with E-state index in [0.29, 0.717) is 15.8 Å². The molecule has 0 fully saturated rings. The summed E-state index contributed by atoms with van der Waals surface area (Å²) in [6, 6.07) is 4.92. The Morgan fingerprint density at radius 3 is 2.41 bits per heavy atom. The summed E-state index contributed by atoms with van der Waals surface area (Å²) >= 11 is 12.1. The van der Waals surface area contributed by atoms with E-state index < -0.39 is 17.2 Å². The summed E-state index contributed by atoms with van der Waals surface area (Å²) in [7, 11) is 0. The zero-order valence-corrected chi connectivity index (χ0v) is 14.4. The lowest BCUT2D eigenvalue weighted by Gasteiger charge is -2.42. The zero-order valence-electron chi connectivity index (χ0n) is 12.9. The molecule has 5 nitrogen and oxygen atoms in total. The molecule has 0 spiro atoms. The van der Waals surface area contributed by atoms with Gasteiger partial charge < -0.3 is 9.84 Å². The molecule has 0 bridgehead atoms. The van der Waals surface area contributed by atoms with E-state index in [1.807, 2.05) is 20.8 Å². The fourth-order valence-electron chi connectivity index (χ4n) is 1.83. The maximum absolute atomic E-state index is 11.0. The largest absolute Gasteiger partial charge is 0.464 e. The number of halogens is 2. The highest BCUT2D eigenvalue weighted by molar-refractivity contribution is 6.35. The molecule has 0 radical (unpaired) electrons. The lowest BCUT2D eigenvalue weighted by molar-refractivity contribution is -0.153. The summed E-state index contributed by atoms with van der Waals surface area (Å²) in [6.45, 7) is 7.46. The first kappa shape index (κ1) is 17.1. The third-order valence-corrected chi connectivity index (χ3v) is 4.34. The number of hydrogen-bond acceptors (Lipinski definition) is 4. The van der Waals surface area contributed by atoms with Crippen molar-refractivity contribution in [3.05, 3.63) is 40.9 Å². The van der Waals surface area contributed by atoms with Gasteiger partial charge >= 0.3 is 0 Å². The van der Waals surface area contributed by atoms with Gasteiger partial charge in [-0.25, -0.2) is 9.67 Å². The summed E-state index contributed by atoms with van der Waals surface area (Å²) in [5, 5.41) is 16.0. The number of nitrogens with zero attached hydrogens (tertiary/aromatic N) is 3. The molecular formula is C15H19Cl2N3O2. The van der Waals surface area contributed by atoms with Gasteiger partial charge in [0.15, 0.2) is 0 Å². The van der Waals surface area contributed by atoms with E-state index in [9.17, 15) is 5.11 Å². The molecule has 1 aromatic carbocycles. The summed E-state index contributed by atoms with van der Waals surface area (Å²) < 4.78 is 7.42. The van der Waals surface area contributed by atoms with Crippen molar-refractivity contribution < 1.29 is 9.84 Å². The Kier molecular flexibility index (Phi) is 4.70. The van der Waals surface area contributed by atoms with Crippen molar-refractivity contribution in [3.8, 4) is 5.75 Å². The highest BCUT2D eigenvalue weighted by atomic mass is 35.5. The van der Waals surface area contributed by atoms with Crippen molar-refractivity contribution in [1.82, 2.24) is 14.8 Å². The molecule has 2 unspecified atom stereocenters. The Morgan fingerprint density at radius 1 is 1.23 bits per heavy atom. The minimum atomic E-state index is -1.23. The Morgan fingerprint density at radius 2 is 1.91 bits per heavy atom. The van der Waals surface area contributed by atoms with Gasteiger partial charge in [0.05, 0.1) is 5.02 Å². The SMILES string of the molecule is CC(C)(C)C(C)(O)C(Oc1ccc(Cl)cc1Cl)n1cncn1. The number of hydrogen-bond donors (Lipinski definition) is 1. The van der Waals surface area contributed by atoms with Crippen molar-refractivity contribution in [2.45, 2.75) is 39.5 Å². The molecular weight excluding hydrogens is 325 g/mol. The predicted octanol–water partition coefficient (Wildman–Crippen LogP) is 3.96. The number of aromatic nitrogens is 3. The molecule has 1 aromatic heterocycles. The van der Waals surface area contributed by atoms with Crippen molar-refractivity contribution in [1.29, 1.82) is 0 Å². The highest BCUT2D eigenvalue weighted by Gasteiger charge is 2.46. The Hall–Kier alpha value is -1.30. The van der Waals surface area contributed by atoms with E-state index in [4.69, 9.17) is 27.9 Å². The molecule has 1 N–H and O–H groups in total. The smallest absolute Gasteiger partial charge is 0.221 e. The second-order valence-corrected chi connectivity index (χ2v) is 7.16. The van der Waals surface area contributed by atoms with Gasteiger partial charge in [0, 0.05) is 5.02 Å². The van der Waals surface area contributed by atoms with Crippen molar-refractivity contribution in [2.24, 2.45) is 5.41 Å². The van der Waals surface area contributed by atoms with E-state index in [2.05, 4.69) is 10.1 Å². The zero-order chi connectivity index (χ0) is 16.5. The molecule has 0 saturated heterocycles. The summed E-state index contributed by atoms with van der Waals surface area (Å²) in [5.74, 6) is 0.413. The standard InChI is InChI=1S/C15H19Cl2N3O2/c1-14(2,3)15(4,21)13(20-9-18-8-19-20)22-12-6-5-10(16)7-11(12)17/h5-9,13,21H,1-4H3. The molecule has 7 heteroatoms. The van der Waals surface area contributed by atoms with Crippen LogP contribution in [0, 0.1) is 5.41 Å². The Bertz CT molecular complexity index is 637. The van der Waals surface area contributed by atoms with Crippen LogP contribution < -0.4 is 4.74 Å². The van der Waals surface area contributed by atoms with Crippen LogP contribution in [0.5, 0.6) is 5.75 Å². The van der Waals surface area contributed by atoms with Crippen LogP contribution in [0.2, 0.25) is 10.0 Å². The molecule has 2 aromatic rings. The van der Waals surface area contributed by atoms with Crippen LogP contribution in [0.4, 0.5) is 0 Å². The minimum Gasteiger partial charge on any atom is -0.464 e. The first-order valence-electron chi connectivity index (χ1n) is 6.81. The summed E-state index contributed by atoms with van der Waals surface area (Å²) in [6.07, 6.45) is 2.08. The second-order valence-electron chi connectivity index (χ2n) is 6.32. The fraction of sp³-hybridized carbons (Fsp3) is 0.467. The topological polar surface area (TPSA) is 60.2 Å². The maximum atomic E-state index is 11.0. The van der Waals surface area contributed by atoms with Crippen LogP contribution in [-0.4, -0.2) is 25.5 Å². The molecule has 0 amide bonds. The first-order valence-corrected chi connectivity index (χ1v) is 7.57. The van der Waals surface area contributed by atoms with Gasteiger partial charge in [-0.15, -0.1) is 0 Å².